The van der Waals surface area contributed by atoms with E-state index in [2.05, 4.69) is 5.32 Å². The average Bonchev–Trinajstić information content (AvgIpc) is 2.26. The van der Waals surface area contributed by atoms with Crippen LogP contribution in [0.3, 0.4) is 0 Å². The second-order valence-corrected chi connectivity index (χ2v) is 3.92. The molecule has 0 aliphatic heterocycles. The van der Waals surface area contributed by atoms with Crippen LogP contribution in [0.1, 0.15) is 6.92 Å². The Hall–Kier alpha value is -2.71. The first-order chi connectivity index (χ1) is 8.75. The first kappa shape index (κ1) is 14.4. The van der Waals surface area contributed by atoms with Crippen LogP contribution in [0.5, 0.6) is 0 Å². The lowest BCUT2D eigenvalue weighted by Gasteiger charge is -2.13. The molecule has 0 bridgehead atoms. The fraction of sp³-hybridized carbons (Fsp3) is 0.300. The topological polar surface area (TPSA) is 119 Å². The fourth-order valence-corrected chi connectivity index (χ4v) is 1.59. The van der Waals surface area contributed by atoms with Crippen molar-refractivity contribution in [2.45, 2.75) is 6.92 Å². The number of nitro benzene ring substituents is 2. The third-order valence-electron chi connectivity index (χ3n) is 2.29. The van der Waals surface area contributed by atoms with Gasteiger partial charge >= 0.3 is 11.4 Å². The molecule has 1 aromatic carbocycles. The Morgan fingerprint density at radius 2 is 1.68 bits per heavy atom. The number of nitrogens with zero attached hydrogens (tertiary/aromatic N) is 3. The molecular weight excluding hydrogens is 256 g/mol. The highest BCUT2D eigenvalue weighted by Gasteiger charge is 2.33. The zero-order valence-corrected chi connectivity index (χ0v) is 10.5. The van der Waals surface area contributed by atoms with Crippen molar-refractivity contribution in [1.29, 1.82) is 0 Å². The Labute approximate surface area is 108 Å². The molecule has 0 fully saturated rings. The van der Waals surface area contributed by atoms with E-state index < -0.39 is 27.1 Å². The second kappa shape index (κ2) is 5.29. The average molecular weight is 268 g/mol. The molecule has 0 aliphatic rings. The summed E-state index contributed by atoms with van der Waals surface area (Å²) in [6.45, 7) is 1.16. The van der Waals surface area contributed by atoms with Gasteiger partial charge in [0.05, 0.1) is 9.85 Å². The van der Waals surface area contributed by atoms with E-state index in [-0.39, 0.29) is 11.4 Å². The van der Waals surface area contributed by atoms with E-state index in [1.165, 1.54) is 31.1 Å². The van der Waals surface area contributed by atoms with Gasteiger partial charge in [0.1, 0.15) is 11.4 Å². The van der Waals surface area contributed by atoms with Crippen molar-refractivity contribution in [3.63, 3.8) is 0 Å². The Morgan fingerprint density at radius 1 is 1.16 bits per heavy atom. The summed E-state index contributed by atoms with van der Waals surface area (Å²) in [6, 6.07) is 2.61. The number of hydrogen-bond acceptors (Lipinski definition) is 6. The molecule has 1 aromatic rings. The maximum Gasteiger partial charge on any atom is 0.371 e. The van der Waals surface area contributed by atoms with Crippen molar-refractivity contribution in [1.82, 2.24) is 0 Å². The quantitative estimate of drug-likeness (QED) is 0.653. The summed E-state index contributed by atoms with van der Waals surface area (Å²) in [4.78, 5) is 32.7. The standard InChI is InChI=1S/C10H12N4O5/c1-6(15)11-7-4-5-8(12(2)3)10(14(18)19)9(7)13(16)17/h4-5H,1-3H3,(H,11,15). The molecule has 0 saturated heterocycles. The van der Waals surface area contributed by atoms with Crippen molar-refractivity contribution >= 4 is 28.7 Å². The Bertz CT molecular complexity index is 555. The van der Waals surface area contributed by atoms with Gasteiger partial charge in [0, 0.05) is 21.0 Å². The van der Waals surface area contributed by atoms with Crippen LogP contribution in [0.2, 0.25) is 0 Å². The second-order valence-electron chi connectivity index (χ2n) is 3.92. The molecule has 0 aliphatic carbocycles. The Kier molecular flexibility index (Phi) is 4.00. The number of carbonyl (C=O) groups is 1. The van der Waals surface area contributed by atoms with Crippen LogP contribution in [0.15, 0.2) is 12.1 Å². The highest BCUT2D eigenvalue weighted by atomic mass is 16.6. The van der Waals surface area contributed by atoms with Crippen LogP contribution in [0.25, 0.3) is 0 Å². The minimum Gasteiger partial charge on any atom is -0.372 e. The van der Waals surface area contributed by atoms with E-state index in [0.717, 1.165) is 6.92 Å². The van der Waals surface area contributed by atoms with Crippen molar-refractivity contribution in [3.8, 4) is 0 Å². The molecule has 102 valence electrons. The Morgan fingerprint density at radius 3 is 2.05 bits per heavy atom. The first-order valence-corrected chi connectivity index (χ1v) is 5.16. The monoisotopic (exact) mass is 268 g/mol. The van der Waals surface area contributed by atoms with Gasteiger partial charge in [0.15, 0.2) is 0 Å². The maximum absolute atomic E-state index is 11.1. The van der Waals surface area contributed by atoms with Gasteiger partial charge in [0.2, 0.25) is 5.91 Å². The number of carbonyl (C=O) groups excluding carboxylic acids is 1. The molecular formula is C10H12N4O5. The molecule has 0 unspecified atom stereocenters. The summed E-state index contributed by atoms with van der Waals surface area (Å²) in [7, 11) is 3.06. The van der Waals surface area contributed by atoms with E-state index >= 15 is 0 Å². The van der Waals surface area contributed by atoms with Gasteiger partial charge in [-0.15, -0.1) is 0 Å². The van der Waals surface area contributed by atoms with Crippen molar-refractivity contribution in [2.75, 3.05) is 24.3 Å². The van der Waals surface area contributed by atoms with E-state index in [4.69, 9.17) is 0 Å². The van der Waals surface area contributed by atoms with E-state index in [1.807, 2.05) is 0 Å². The van der Waals surface area contributed by atoms with Gasteiger partial charge in [-0.25, -0.2) is 0 Å². The molecule has 0 saturated carbocycles. The predicted molar refractivity (Wildman–Crippen MR) is 68.4 cm³/mol. The number of amides is 1. The van der Waals surface area contributed by atoms with Crippen LogP contribution in [0.4, 0.5) is 22.7 Å². The molecule has 0 heterocycles. The third-order valence-corrected chi connectivity index (χ3v) is 2.29. The van der Waals surface area contributed by atoms with Gasteiger partial charge in [-0.2, -0.15) is 0 Å². The van der Waals surface area contributed by atoms with E-state index in [1.54, 1.807) is 0 Å². The minimum absolute atomic E-state index is 0.0887. The normalized spacial score (nSPS) is 9.84. The van der Waals surface area contributed by atoms with Crippen molar-refractivity contribution < 1.29 is 14.6 Å². The van der Waals surface area contributed by atoms with E-state index in [0.29, 0.717) is 0 Å². The number of nitrogens with one attached hydrogen (secondary N) is 1. The highest BCUT2D eigenvalue weighted by molar-refractivity contribution is 5.94. The van der Waals surface area contributed by atoms with E-state index in [9.17, 15) is 25.0 Å². The van der Waals surface area contributed by atoms with Crippen LogP contribution in [-0.4, -0.2) is 29.8 Å². The van der Waals surface area contributed by atoms with Gasteiger partial charge in [-0.1, -0.05) is 0 Å². The van der Waals surface area contributed by atoms with Gasteiger partial charge in [-0.05, 0) is 12.1 Å². The summed E-state index contributed by atoms with van der Waals surface area (Å²) < 4.78 is 0. The molecule has 0 radical (unpaired) electrons. The fourth-order valence-electron chi connectivity index (χ4n) is 1.59. The van der Waals surface area contributed by atoms with Crippen LogP contribution in [0, 0.1) is 20.2 Å². The van der Waals surface area contributed by atoms with Crippen LogP contribution in [-0.2, 0) is 4.79 Å². The number of hydrogen-bond donors (Lipinski definition) is 1. The number of benzene rings is 1. The SMILES string of the molecule is CC(=O)Nc1ccc(N(C)C)c([N+](=O)[O-])c1[N+](=O)[O-]. The molecule has 0 spiro atoms. The number of anilines is 2. The number of nitro groups is 2. The molecule has 19 heavy (non-hydrogen) atoms. The van der Waals surface area contributed by atoms with Crippen molar-refractivity contribution in [2.24, 2.45) is 0 Å². The number of rotatable bonds is 4. The molecule has 1 rings (SSSR count). The van der Waals surface area contributed by atoms with Crippen LogP contribution < -0.4 is 10.2 Å². The summed E-state index contributed by atoms with van der Waals surface area (Å²) >= 11 is 0. The summed E-state index contributed by atoms with van der Waals surface area (Å²) in [6.07, 6.45) is 0. The van der Waals surface area contributed by atoms with Crippen LogP contribution >= 0.6 is 0 Å². The summed E-state index contributed by atoms with van der Waals surface area (Å²) in [5.74, 6) is -0.546. The minimum atomic E-state index is -0.879. The molecule has 0 aromatic heterocycles. The third kappa shape index (κ3) is 2.94. The van der Waals surface area contributed by atoms with Gasteiger partial charge in [0.25, 0.3) is 0 Å². The molecule has 9 nitrogen and oxygen atoms in total. The molecule has 1 N–H and O–H groups in total. The zero-order valence-electron chi connectivity index (χ0n) is 10.5. The maximum atomic E-state index is 11.1. The lowest BCUT2D eigenvalue weighted by Crippen LogP contribution is -2.14. The lowest BCUT2D eigenvalue weighted by atomic mass is 10.2. The summed E-state index contributed by atoms with van der Waals surface area (Å²) in [5.41, 5.74) is -1.49. The lowest BCUT2D eigenvalue weighted by molar-refractivity contribution is -0.421. The van der Waals surface area contributed by atoms with Crippen molar-refractivity contribution in [3.05, 3.63) is 32.4 Å². The predicted octanol–water partition coefficient (Wildman–Crippen LogP) is 1.53. The summed E-state index contributed by atoms with van der Waals surface area (Å²) in [5, 5.41) is 24.3. The Balaban J connectivity index is 3.63. The first-order valence-electron chi connectivity index (χ1n) is 5.16. The zero-order chi connectivity index (χ0) is 14.7. The molecule has 0 atom stereocenters. The smallest absolute Gasteiger partial charge is 0.371 e. The van der Waals surface area contributed by atoms with Gasteiger partial charge in [-0.3, -0.25) is 25.0 Å². The van der Waals surface area contributed by atoms with Gasteiger partial charge < -0.3 is 10.2 Å². The molecule has 1 amide bonds. The largest absolute Gasteiger partial charge is 0.372 e. The highest BCUT2D eigenvalue weighted by Crippen LogP contribution is 2.41. The molecule has 9 heteroatoms.